The van der Waals surface area contributed by atoms with Crippen LogP contribution in [0.2, 0.25) is 0 Å². The van der Waals surface area contributed by atoms with Crippen LogP contribution < -0.4 is 0 Å². The van der Waals surface area contributed by atoms with Gasteiger partial charge in [0.1, 0.15) is 0 Å². The quantitative estimate of drug-likeness (QED) is 0.140. The number of benzene rings is 8. The molecule has 2 heteroatoms. The first-order chi connectivity index (χ1) is 25.0. The van der Waals surface area contributed by atoms with Crippen molar-refractivity contribution in [3.63, 3.8) is 0 Å². The van der Waals surface area contributed by atoms with E-state index in [1.54, 1.807) is 0 Å². The first-order valence-corrected chi connectivity index (χ1v) is 17.7. The minimum Gasteiger partial charge on any atom is -0.228 e. The highest BCUT2D eigenvalue weighted by Crippen LogP contribution is 2.49. The molecule has 0 bridgehead atoms. The Morgan fingerprint density at radius 2 is 0.980 bits per heavy atom. The third-order valence-electron chi connectivity index (χ3n) is 10.9. The van der Waals surface area contributed by atoms with Crippen molar-refractivity contribution in [1.29, 1.82) is 0 Å². The summed E-state index contributed by atoms with van der Waals surface area (Å²) in [5.74, 6) is 0.730. The lowest BCUT2D eigenvalue weighted by atomic mass is 9.82. The van der Waals surface area contributed by atoms with Crippen LogP contribution in [-0.4, -0.2) is 9.97 Å². The van der Waals surface area contributed by atoms with E-state index in [1.807, 2.05) is 0 Å². The topological polar surface area (TPSA) is 25.8 Å². The smallest absolute Gasteiger partial charge is 0.161 e. The number of rotatable bonds is 4. The molecule has 9 aromatic rings. The molecule has 0 aliphatic heterocycles. The summed E-state index contributed by atoms with van der Waals surface area (Å²) >= 11 is 0. The average Bonchev–Trinajstić information content (AvgIpc) is 3.42. The fraction of sp³-hybridized carbons (Fsp3) is 0.0612. The van der Waals surface area contributed by atoms with Crippen molar-refractivity contribution in [3.05, 3.63) is 181 Å². The molecular weight excluding hydrogens is 617 g/mol. The van der Waals surface area contributed by atoms with Crippen LogP contribution in [0.4, 0.5) is 0 Å². The van der Waals surface area contributed by atoms with Crippen LogP contribution in [-0.2, 0) is 5.41 Å². The van der Waals surface area contributed by atoms with E-state index in [9.17, 15) is 0 Å². The van der Waals surface area contributed by atoms with E-state index in [0.717, 1.165) is 44.7 Å². The number of aromatic nitrogens is 2. The predicted molar refractivity (Wildman–Crippen MR) is 214 cm³/mol. The molecule has 0 saturated carbocycles. The van der Waals surface area contributed by atoms with Crippen molar-refractivity contribution in [2.45, 2.75) is 19.3 Å². The second-order valence-electron chi connectivity index (χ2n) is 14.2. The van der Waals surface area contributed by atoms with E-state index in [0.29, 0.717) is 0 Å². The van der Waals surface area contributed by atoms with Gasteiger partial charge in [-0.2, -0.15) is 0 Å². The van der Waals surface area contributed by atoms with Crippen molar-refractivity contribution < 1.29 is 0 Å². The standard InChI is InChI=1S/C49H34N2/c1-49(2)43-19-11-10-18-39(43)42-29-36(25-27-44(42)49)46-30-45(34-22-20-32(21-23-34)31-12-4-3-5-13-31)50-48(51-46)47-38-17-9-7-15-35(38)28-41-37-16-8-6-14-33(37)24-26-40(41)47/h3-30H,1-2H3. The Morgan fingerprint density at radius 3 is 1.80 bits per heavy atom. The van der Waals surface area contributed by atoms with E-state index < -0.39 is 0 Å². The second kappa shape index (κ2) is 11.3. The monoisotopic (exact) mass is 650 g/mol. The molecule has 0 spiro atoms. The van der Waals surface area contributed by atoms with Crippen molar-refractivity contribution in [1.82, 2.24) is 9.97 Å². The molecule has 0 N–H and O–H groups in total. The zero-order chi connectivity index (χ0) is 34.1. The normalized spacial score (nSPS) is 13.1. The molecule has 8 aromatic carbocycles. The molecule has 1 aliphatic carbocycles. The second-order valence-corrected chi connectivity index (χ2v) is 14.2. The number of hydrogen-bond donors (Lipinski definition) is 0. The Morgan fingerprint density at radius 1 is 0.373 bits per heavy atom. The first-order valence-electron chi connectivity index (χ1n) is 17.7. The van der Waals surface area contributed by atoms with Crippen LogP contribution in [0.5, 0.6) is 0 Å². The van der Waals surface area contributed by atoms with Gasteiger partial charge < -0.3 is 0 Å². The highest BCUT2D eigenvalue weighted by atomic mass is 14.9. The van der Waals surface area contributed by atoms with Gasteiger partial charge >= 0.3 is 0 Å². The summed E-state index contributed by atoms with van der Waals surface area (Å²) in [5, 5.41) is 7.14. The summed E-state index contributed by atoms with van der Waals surface area (Å²) in [6.07, 6.45) is 0. The Kier molecular flexibility index (Phi) is 6.56. The van der Waals surface area contributed by atoms with Crippen molar-refractivity contribution in [2.24, 2.45) is 0 Å². The minimum atomic E-state index is -0.0579. The van der Waals surface area contributed by atoms with E-state index in [1.165, 1.54) is 54.9 Å². The molecule has 0 unspecified atom stereocenters. The van der Waals surface area contributed by atoms with Crippen LogP contribution in [0, 0.1) is 0 Å². The van der Waals surface area contributed by atoms with Gasteiger partial charge in [0.15, 0.2) is 5.82 Å². The van der Waals surface area contributed by atoms with Gasteiger partial charge in [0.05, 0.1) is 11.4 Å². The average molecular weight is 651 g/mol. The van der Waals surface area contributed by atoms with E-state index in [2.05, 4.69) is 184 Å². The van der Waals surface area contributed by atoms with Gasteiger partial charge in [-0.05, 0) is 83.9 Å². The molecule has 0 saturated heterocycles. The summed E-state index contributed by atoms with van der Waals surface area (Å²) in [5.41, 5.74) is 12.6. The summed E-state index contributed by atoms with van der Waals surface area (Å²) in [6.45, 7) is 4.65. The SMILES string of the molecule is CC1(C)c2ccccc2-c2cc(-c3cc(-c4ccc(-c5ccccc5)cc4)nc(-c4c5ccccc5cc5c4ccc4ccccc45)n3)ccc21. The molecule has 1 aliphatic rings. The Balaban J connectivity index is 1.23. The van der Waals surface area contributed by atoms with Crippen LogP contribution in [0.25, 0.3) is 88.5 Å². The maximum atomic E-state index is 5.45. The molecule has 0 atom stereocenters. The van der Waals surface area contributed by atoms with Crippen LogP contribution in [0.1, 0.15) is 25.0 Å². The van der Waals surface area contributed by atoms with Gasteiger partial charge in [-0.1, -0.05) is 166 Å². The molecular formula is C49H34N2. The highest BCUT2D eigenvalue weighted by Gasteiger charge is 2.35. The van der Waals surface area contributed by atoms with Gasteiger partial charge in [0.25, 0.3) is 0 Å². The van der Waals surface area contributed by atoms with Crippen molar-refractivity contribution >= 4 is 32.3 Å². The molecule has 1 heterocycles. The minimum absolute atomic E-state index is 0.0579. The third-order valence-corrected chi connectivity index (χ3v) is 10.9. The lowest BCUT2D eigenvalue weighted by Gasteiger charge is -2.21. The van der Waals surface area contributed by atoms with Gasteiger partial charge in [-0.3, -0.25) is 0 Å². The Hall–Kier alpha value is -6.38. The lowest BCUT2D eigenvalue weighted by Crippen LogP contribution is -2.14. The summed E-state index contributed by atoms with van der Waals surface area (Å²) in [4.78, 5) is 10.9. The summed E-state index contributed by atoms with van der Waals surface area (Å²) in [6, 6.07) is 61.2. The molecule has 2 nitrogen and oxygen atoms in total. The van der Waals surface area contributed by atoms with E-state index in [4.69, 9.17) is 9.97 Å². The molecule has 0 radical (unpaired) electrons. The summed E-state index contributed by atoms with van der Waals surface area (Å²) in [7, 11) is 0. The Labute approximate surface area is 297 Å². The maximum absolute atomic E-state index is 5.45. The number of nitrogens with zero attached hydrogens (tertiary/aromatic N) is 2. The zero-order valence-corrected chi connectivity index (χ0v) is 28.6. The first kappa shape index (κ1) is 29.5. The number of hydrogen-bond acceptors (Lipinski definition) is 2. The summed E-state index contributed by atoms with van der Waals surface area (Å²) < 4.78 is 0. The molecule has 0 fully saturated rings. The fourth-order valence-corrected chi connectivity index (χ4v) is 8.26. The van der Waals surface area contributed by atoms with E-state index >= 15 is 0 Å². The van der Waals surface area contributed by atoms with Crippen molar-refractivity contribution in [2.75, 3.05) is 0 Å². The molecule has 0 amide bonds. The highest BCUT2D eigenvalue weighted by molar-refractivity contribution is 6.19. The van der Waals surface area contributed by atoms with Crippen LogP contribution in [0.3, 0.4) is 0 Å². The van der Waals surface area contributed by atoms with Crippen LogP contribution in [0.15, 0.2) is 170 Å². The molecule has 51 heavy (non-hydrogen) atoms. The van der Waals surface area contributed by atoms with E-state index in [-0.39, 0.29) is 5.41 Å². The van der Waals surface area contributed by atoms with Gasteiger partial charge in [-0.25, -0.2) is 9.97 Å². The maximum Gasteiger partial charge on any atom is 0.161 e. The van der Waals surface area contributed by atoms with Gasteiger partial charge in [0.2, 0.25) is 0 Å². The van der Waals surface area contributed by atoms with Gasteiger partial charge in [0, 0.05) is 22.1 Å². The molecule has 240 valence electrons. The van der Waals surface area contributed by atoms with Crippen LogP contribution >= 0.6 is 0 Å². The van der Waals surface area contributed by atoms with Gasteiger partial charge in [-0.15, -0.1) is 0 Å². The largest absolute Gasteiger partial charge is 0.228 e. The number of fused-ring (bicyclic) bond motifs is 7. The Bertz CT molecular complexity index is 2810. The third kappa shape index (κ3) is 4.71. The zero-order valence-electron chi connectivity index (χ0n) is 28.6. The molecule has 10 rings (SSSR count). The lowest BCUT2D eigenvalue weighted by molar-refractivity contribution is 0.660. The molecule has 1 aromatic heterocycles. The van der Waals surface area contributed by atoms with Crippen molar-refractivity contribution in [3.8, 4) is 56.2 Å². The fourth-order valence-electron chi connectivity index (χ4n) is 8.26. The predicted octanol–water partition coefficient (Wildman–Crippen LogP) is 12.9.